The molecule has 0 radical (unpaired) electrons. The molecule has 0 aromatic heterocycles. The number of sulfonamides is 1. The van der Waals surface area contributed by atoms with Crippen LogP contribution in [-0.2, 0) is 16.2 Å². The van der Waals surface area contributed by atoms with Gasteiger partial charge in [0.2, 0.25) is 10.0 Å². The summed E-state index contributed by atoms with van der Waals surface area (Å²) in [6, 6.07) is 3.22. The van der Waals surface area contributed by atoms with E-state index >= 15 is 0 Å². The van der Waals surface area contributed by atoms with Gasteiger partial charge in [0.15, 0.2) is 0 Å². The summed E-state index contributed by atoms with van der Waals surface area (Å²) in [6.07, 6.45) is -2.85. The van der Waals surface area contributed by atoms with Crippen molar-refractivity contribution in [3.05, 3.63) is 29.3 Å². The number of rotatable bonds is 4. The molecule has 1 aromatic rings. The van der Waals surface area contributed by atoms with Crippen LogP contribution in [-0.4, -0.2) is 15.0 Å². The van der Waals surface area contributed by atoms with Crippen LogP contribution in [0.4, 0.5) is 13.2 Å². The van der Waals surface area contributed by atoms with Crippen molar-refractivity contribution >= 4 is 10.0 Å². The molecule has 7 heteroatoms. The largest absolute Gasteiger partial charge is 0.417 e. The lowest BCUT2D eigenvalue weighted by Crippen LogP contribution is -2.28. The molecule has 2 rings (SSSR count). The zero-order chi connectivity index (χ0) is 14.3. The van der Waals surface area contributed by atoms with Gasteiger partial charge in [-0.05, 0) is 37.8 Å². The van der Waals surface area contributed by atoms with Gasteiger partial charge >= 0.3 is 6.18 Å². The van der Waals surface area contributed by atoms with Crippen LogP contribution in [0.25, 0.3) is 0 Å². The monoisotopic (exact) mass is 293 g/mol. The summed E-state index contributed by atoms with van der Waals surface area (Å²) >= 11 is 0. The van der Waals surface area contributed by atoms with E-state index in [2.05, 4.69) is 4.72 Å². The van der Waals surface area contributed by atoms with E-state index < -0.39 is 26.7 Å². The highest BCUT2D eigenvalue weighted by Crippen LogP contribution is 2.35. The van der Waals surface area contributed by atoms with Gasteiger partial charge in [0, 0.05) is 6.54 Å². The van der Waals surface area contributed by atoms with Crippen molar-refractivity contribution in [1.82, 2.24) is 4.72 Å². The van der Waals surface area contributed by atoms with Crippen LogP contribution in [0.3, 0.4) is 0 Å². The summed E-state index contributed by atoms with van der Waals surface area (Å²) in [4.78, 5) is -0.703. The Morgan fingerprint density at radius 3 is 2.47 bits per heavy atom. The zero-order valence-electron chi connectivity index (χ0n) is 10.3. The lowest BCUT2D eigenvalue weighted by molar-refractivity contribution is -0.139. The molecule has 0 bridgehead atoms. The first-order chi connectivity index (χ1) is 8.70. The normalized spacial score (nSPS) is 16.6. The molecule has 0 saturated heterocycles. The number of alkyl halides is 3. The van der Waals surface area contributed by atoms with Crippen molar-refractivity contribution in [3.63, 3.8) is 0 Å². The van der Waals surface area contributed by atoms with Crippen LogP contribution in [0.2, 0.25) is 0 Å². The van der Waals surface area contributed by atoms with Crippen molar-refractivity contribution in [1.29, 1.82) is 0 Å². The minimum Gasteiger partial charge on any atom is -0.211 e. The second kappa shape index (κ2) is 4.79. The van der Waals surface area contributed by atoms with E-state index in [1.807, 2.05) is 0 Å². The Labute approximate surface area is 109 Å². The molecule has 0 spiro atoms. The van der Waals surface area contributed by atoms with E-state index in [-0.39, 0.29) is 12.5 Å². The highest BCUT2D eigenvalue weighted by Gasteiger charge is 2.37. The predicted molar refractivity (Wildman–Crippen MR) is 64.1 cm³/mol. The minimum absolute atomic E-state index is 0.202. The molecule has 1 aliphatic carbocycles. The van der Waals surface area contributed by atoms with E-state index in [1.54, 1.807) is 0 Å². The van der Waals surface area contributed by atoms with Crippen molar-refractivity contribution < 1.29 is 21.6 Å². The number of nitrogens with one attached hydrogen (secondary N) is 1. The first-order valence-electron chi connectivity index (χ1n) is 5.87. The molecule has 1 aliphatic rings. The molecule has 0 aliphatic heterocycles. The molecular weight excluding hydrogens is 279 g/mol. The summed E-state index contributed by atoms with van der Waals surface area (Å²) in [6.45, 7) is 1.69. The third-order valence-electron chi connectivity index (χ3n) is 2.99. The number of aryl methyl sites for hydroxylation is 1. The lowest BCUT2D eigenvalue weighted by Gasteiger charge is -2.14. The fraction of sp³-hybridized carbons (Fsp3) is 0.500. The Morgan fingerprint density at radius 1 is 1.32 bits per heavy atom. The van der Waals surface area contributed by atoms with E-state index in [1.165, 1.54) is 13.0 Å². The third-order valence-corrected chi connectivity index (χ3v) is 4.47. The summed E-state index contributed by atoms with van der Waals surface area (Å²) in [7, 11) is -4.12. The average Bonchev–Trinajstić information content (AvgIpc) is 3.08. The fourth-order valence-corrected chi connectivity index (χ4v) is 3.05. The maximum absolute atomic E-state index is 12.9. The SMILES string of the molecule is Cc1ccc(S(=O)(=O)NCC2CC2)c(C(F)(F)F)c1. The van der Waals surface area contributed by atoms with Gasteiger partial charge in [-0.1, -0.05) is 11.6 Å². The van der Waals surface area contributed by atoms with Gasteiger partial charge < -0.3 is 0 Å². The molecule has 0 unspecified atom stereocenters. The van der Waals surface area contributed by atoms with Crippen LogP contribution in [0.5, 0.6) is 0 Å². The van der Waals surface area contributed by atoms with Crippen molar-refractivity contribution in [2.75, 3.05) is 6.54 Å². The van der Waals surface area contributed by atoms with Gasteiger partial charge in [-0.25, -0.2) is 13.1 Å². The maximum atomic E-state index is 12.9. The smallest absolute Gasteiger partial charge is 0.211 e. The van der Waals surface area contributed by atoms with Gasteiger partial charge in [0.25, 0.3) is 0 Å². The standard InChI is InChI=1S/C12H14F3NO2S/c1-8-2-5-11(10(6-8)12(13,14)15)19(17,18)16-7-9-3-4-9/h2,5-6,9,16H,3-4,7H2,1H3. The number of halogens is 3. The Morgan fingerprint density at radius 2 is 1.95 bits per heavy atom. The quantitative estimate of drug-likeness (QED) is 0.927. The van der Waals surface area contributed by atoms with Crippen molar-refractivity contribution in [2.24, 2.45) is 5.92 Å². The second-order valence-corrected chi connectivity index (χ2v) is 6.53. The van der Waals surface area contributed by atoms with Gasteiger partial charge in [-0.3, -0.25) is 0 Å². The Kier molecular flexibility index (Phi) is 3.61. The molecule has 0 atom stereocenters. The number of hydrogen-bond donors (Lipinski definition) is 1. The highest BCUT2D eigenvalue weighted by molar-refractivity contribution is 7.89. The summed E-state index contributed by atoms with van der Waals surface area (Å²) in [5.41, 5.74) is -0.746. The topological polar surface area (TPSA) is 46.2 Å². The Hall–Kier alpha value is -1.08. The number of hydrogen-bond acceptors (Lipinski definition) is 2. The highest BCUT2D eigenvalue weighted by atomic mass is 32.2. The molecule has 106 valence electrons. The van der Waals surface area contributed by atoms with E-state index in [0.29, 0.717) is 5.56 Å². The summed E-state index contributed by atoms with van der Waals surface area (Å²) in [5.74, 6) is 0.259. The molecule has 0 heterocycles. The summed E-state index contributed by atoms with van der Waals surface area (Å²) < 4.78 is 64.7. The molecular formula is C12H14F3NO2S. The zero-order valence-corrected chi connectivity index (χ0v) is 11.1. The van der Waals surface area contributed by atoms with Crippen molar-refractivity contribution in [2.45, 2.75) is 30.8 Å². The molecule has 19 heavy (non-hydrogen) atoms. The van der Waals surface area contributed by atoms with Crippen molar-refractivity contribution in [3.8, 4) is 0 Å². The molecule has 1 aromatic carbocycles. The van der Waals surface area contributed by atoms with Gasteiger partial charge in [-0.15, -0.1) is 0 Å². The van der Waals surface area contributed by atoms with E-state index in [0.717, 1.165) is 25.0 Å². The maximum Gasteiger partial charge on any atom is 0.417 e. The van der Waals surface area contributed by atoms with Crippen LogP contribution >= 0.6 is 0 Å². The van der Waals surface area contributed by atoms with Crippen LogP contribution < -0.4 is 4.72 Å². The van der Waals surface area contributed by atoms with Gasteiger partial charge in [-0.2, -0.15) is 13.2 Å². The molecule has 1 N–H and O–H groups in total. The van der Waals surface area contributed by atoms with E-state index in [4.69, 9.17) is 0 Å². The molecule has 3 nitrogen and oxygen atoms in total. The van der Waals surface area contributed by atoms with Crippen LogP contribution in [0.1, 0.15) is 24.0 Å². The van der Waals surface area contributed by atoms with Gasteiger partial charge in [0.05, 0.1) is 10.5 Å². The third kappa shape index (κ3) is 3.48. The first kappa shape index (κ1) is 14.3. The first-order valence-corrected chi connectivity index (χ1v) is 7.36. The Balaban J connectivity index is 2.37. The molecule has 0 amide bonds. The summed E-state index contributed by atoms with van der Waals surface area (Å²) in [5, 5.41) is 0. The van der Waals surface area contributed by atoms with E-state index in [9.17, 15) is 21.6 Å². The molecule has 1 fully saturated rings. The predicted octanol–water partition coefficient (Wildman–Crippen LogP) is 2.70. The lowest BCUT2D eigenvalue weighted by atomic mass is 10.1. The Bertz CT molecular complexity index is 577. The average molecular weight is 293 g/mol. The second-order valence-electron chi connectivity index (χ2n) is 4.79. The van der Waals surface area contributed by atoms with Gasteiger partial charge in [0.1, 0.15) is 0 Å². The van der Waals surface area contributed by atoms with Crippen LogP contribution in [0, 0.1) is 12.8 Å². The van der Waals surface area contributed by atoms with Crippen LogP contribution in [0.15, 0.2) is 23.1 Å². The molecule has 1 saturated carbocycles. The number of benzene rings is 1. The fourth-order valence-electron chi connectivity index (χ4n) is 1.73. The minimum atomic E-state index is -4.68.